The molecule has 0 aliphatic rings. The van der Waals surface area contributed by atoms with E-state index in [9.17, 15) is 13.2 Å². The predicted molar refractivity (Wildman–Crippen MR) is 100 cm³/mol. The van der Waals surface area contributed by atoms with Crippen LogP contribution in [0.15, 0.2) is 48.7 Å². The molecule has 2 heterocycles. The second kappa shape index (κ2) is 6.81. The van der Waals surface area contributed by atoms with Crippen LogP contribution in [0.3, 0.4) is 0 Å². The molecule has 25 heavy (non-hydrogen) atoms. The molecule has 0 saturated heterocycles. The Hall–Kier alpha value is -2.45. The van der Waals surface area contributed by atoms with Crippen molar-refractivity contribution in [2.75, 3.05) is 17.6 Å². The summed E-state index contributed by atoms with van der Waals surface area (Å²) in [6, 6.07) is 12.6. The van der Waals surface area contributed by atoms with Crippen LogP contribution in [-0.2, 0) is 16.6 Å². The monoisotopic (exact) mass is 375 g/mol. The third-order valence-corrected chi connectivity index (χ3v) is 6.06. The minimum Gasteiger partial charge on any atom is -0.346 e. The van der Waals surface area contributed by atoms with Gasteiger partial charge in [0.05, 0.1) is 29.1 Å². The van der Waals surface area contributed by atoms with Gasteiger partial charge in [0.25, 0.3) is 5.91 Å². The molecule has 0 unspecified atom stereocenters. The standard InChI is InChI=1S/C17H17N3O3S2/c1-20(25(2,22)23)14-6-7-15-12(9-14)10-16(24-15)17(21)19-11-13-5-3-4-8-18-13/h3-10H,11H2,1-2H3,(H,19,21). The highest BCUT2D eigenvalue weighted by Crippen LogP contribution is 2.29. The zero-order valence-electron chi connectivity index (χ0n) is 13.8. The normalized spacial score (nSPS) is 11.4. The van der Waals surface area contributed by atoms with E-state index in [1.54, 1.807) is 24.4 Å². The molecule has 0 aliphatic carbocycles. The van der Waals surface area contributed by atoms with Gasteiger partial charge in [-0.15, -0.1) is 11.3 Å². The molecule has 6 nitrogen and oxygen atoms in total. The van der Waals surface area contributed by atoms with E-state index in [0.29, 0.717) is 17.1 Å². The zero-order valence-corrected chi connectivity index (χ0v) is 15.4. The van der Waals surface area contributed by atoms with E-state index in [1.165, 1.54) is 22.7 Å². The Kier molecular flexibility index (Phi) is 4.73. The van der Waals surface area contributed by atoms with Crippen molar-refractivity contribution in [3.63, 3.8) is 0 Å². The fourth-order valence-electron chi connectivity index (χ4n) is 2.29. The lowest BCUT2D eigenvalue weighted by Crippen LogP contribution is -2.24. The number of carbonyl (C=O) groups is 1. The maximum absolute atomic E-state index is 12.3. The van der Waals surface area contributed by atoms with Crippen molar-refractivity contribution in [1.82, 2.24) is 10.3 Å². The van der Waals surface area contributed by atoms with E-state index in [1.807, 2.05) is 24.3 Å². The lowest BCUT2D eigenvalue weighted by molar-refractivity contribution is 0.0954. The first-order valence-electron chi connectivity index (χ1n) is 7.50. The molecular formula is C17H17N3O3S2. The van der Waals surface area contributed by atoms with Crippen LogP contribution in [0, 0.1) is 0 Å². The third kappa shape index (κ3) is 3.97. The van der Waals surface area contributed by atoms with E-state index in [-0.39, 0.29) is 5.91 Å². The van der Waals surface area contributed by atoms with Crippen LogP contribution in [0.2, 0.25) is 0 Å². The van der Waals surface area contributed by atoms with Gasteiger partial charge in [0.2, 0.25) is 10.0 Å². The van der Waals surface area contributed by atoms with E-state index < -0.39 is 10.0 Å². The minimum atomic E-state index is -3.32. The number of fused-ring (bicyclic) bond motifs is 1. The molecule has 130 valence electrons. The van der Waals surface area contributed by atoms with Gasteiger partial charge in [-0.3, -0.25) is 14.1 Å². The van der Waals surface area contributed by atoms with Crippen molar-refractivity contribution >= 4 is 43.0 Å². The topological polar surface area (TPSA) is 79.4 Å². The number of nitrogens with one attached hydrogen (secondary N) is 1. The fraction of sp³-hybridized carbons (Fsp3) is 0.176. The first-order chi connectivity index (χ1) is 11.8. The number of hydrogen-bond acceptors (Lipinski definition) is 5. The van der Waals surface area contributed by atoms with Gasteiger partial charge in [0.15, 0.2) is 0 Å². The summed E-state index contributed by atoms with van der Waals surface area (Å²) in [5.41, 5.74) is 1.35. The summed E-state index contributed by atoms with van der Waals surface area (Å²) < 4.78 is 25.5. The molecule has 1 N–H and O–H groups in total. The first-order valence-corrected chi connectivity index (χ1v) is 10.2. The van der Waals surface area contributed by atoms with Gasteiger partial charge in [-0.2, -0.15) is 0 Å². The molecule has 2 aromatic heterocycles. The van der Waals surface area contributed by atoms with E-state index in [2.05, 4.69) is 10.3 Å². The Morgan fingerprint density at radius 2 is 2.04 bits per heavy atom. The summed E-state index contributed by atoms with van der Waals surface area (Å²) in [6.07, 6.45) is 2.84. The number of pyridine rings is 1. The molecule has 0 atom stereocenters. The number of benzene rings is 1. The van der Waals surface area contributed by atoms with Crippen LogP contribution in [-0.4, -0.2) is 32.6 Å². The number of aromatic nitrogens is 1. The summed E-state index contributed by atoms with van der Waals surface area (Å²) in [4.78, 5) is 17.1. The highest BCUT2D eigenvalue weighted by molar-refractivity contribution is 7.92. The molecule has 0 radical (unpaired) electrons. The van der Waals surface area contributed by atoms with Gasteiger partial charge >= 0.3 is 0 Å². The molecule has 1 amide bonds. The maximum atomic E-state index is 12.3. The molecule has 1 aromatic carbocycles. The number of nitrogens with zero attached hydrogens (tertiary/aromatic N) is 2. The zero-order chi connectivity index (χ0) is 18.0. The molecule has 3 rings (SSSR count). The van der Waals surface area contributed by atoms with Crippen molar-refractivity contribution < 1.29 is 13.2 Å². The SMILES string of the molecule is CN(c1ccc2sc(C(=O)NCc3ccccn3)cc2c1)S(C)(=O)=O. The average molecular weight is 375 g/mol. The Bertz CT molecular complexity index is 1010. The lowest BCUT2D eigenvalue weighted by atomic mass is 10.2. The predicted octanol–water partition coefficient (Wildman–Crippen LogP) is 2.62. The smallest absolute Gasteiger partial charge is 0.261 e. The second-order valence-corrected chi connectivity index (χ2v) is 8.66. The molecule has 0 aliphatic heterocycles. The van der Waals surface area contributed by atoms with Crippen LogP contribution in [0.1, 0.15) is 15.4 Å². The number of sulfonamides is 1. The third-order valence-electron chi connectivity index (χ3n) is 3.74. The largest absolute Gasteiger partial charge is 0.346 e. The minimum absolute atomic E-state index is 0.176. The number of anilines is 1. The quantitative estimate of drug-likeness (QED) is 0.743. The summed E-state index contributed by atoms with van der Waals surface area (Å²) in [5.74, 6) is -0.176. The van der Waals surface area contributed by atoms with Gasteiger partial charge in [-0.1, -0.05) is 6.07 Å². The van der Waals surface area contributed by atoms with Crippen molar-refractivity contribution in [2.45, 2.75) is 6.54 Å². The first kappa shape index (κ1) is 17.4. The van der Waals surface area contributed by atoms with Gasteiger partial charge in [0.1, 0.15) is 0 Å². The maximum Gasteiger partial charge on any atom is 0.261 e. The summed E-state index contributed by atoms with van der Waals surface area (Å²) in [6.45, 7) is 0.357. The van der Waals surface area contributed by atoms with Gasteiger partial charge in [0, 0.05) is 17.9 Å². The molecule has 8 heteroatoms. The van der Waals surface area contributed by atoms with Crippen molar-refractivity contribution in [3.05, 3.63) is 59.2 Å². The molecule has 0 saturated carbocycles. The van der Waals surface area contributed by atoms with E-state index >= 15 is 0 Å². The fourth-order valence-corrected chi connectivity index (χ4v) is 3.75. The van der Waals surface area contributed by atoms with Crippen LogP contribution in [0.4, 0.5) is 5.69 Å². The summed E-state index contributed by atoms with van der Waals surface area (Å²) >= 11 is 1.37. The molecule has 0 fully saturated rings. The molecular weight excluding hydrogens is 358 g/mol. The van der Waals surface area contributed by atoms with Crippen molar-refractivity contribution in [2.24, 2.45) is 0 Å². The Balaban J connectivity index is 1.80. The van der Waals surface area contributed by atoms with Crippen molar-refractivity contribution in [3.8, 4) is 0 Å². The Labute approximate surface area is 150 Å². The molecule has 3 aromatic rings. The lowest BCUT2D eigenvalue weighted by Gasteiger charge is -2.16. The number of carbonyl (C=O) groups excluding carboxylic acids is 1. The summed E-state index contributed by atoms with van der Waals surface area (Å²) in [7, 11) is -1.82. The number of hydrogen-bond donors (Lipinski definition) is 1. The average Bonchev–Trinajstić information content (AvgIpc) is 3.02. The molecule has 0 spiro atoms. The van der Waals surface area contributed by atoms with Crippen molar-refractivity contribution in [1.29, 1.82) is 0 Å². The van der Waals surface area contributed by atoms with Crippen LogP contribution in [0.5, 0.6) is 0 Å². The van der Waals surface area contributed by atoms with Crippen LogP contribution < -0.4 is 9.62 Å². The van der Waals surface area contributed by atoms with Gasteiger partial charge < -0.3 is 5.32 Å². The summed E-state index contributed by atoms with van der Waals surface area (Å²) in [5, 5.41) is 3.67. The number of thiophene rings is 1. The highest BCUT2D eigenvalue weighted by atomic mass is 32.2. The number of amides is 1. The Morgan fingerprint density at radius 3 is 2.72 bits per heavy atom. The Morgan fingerprint density at radius 1 is 1.24 bits per heavy atom. The van der Waals surface area contributed by atoms with Gasteiger partial charge in [-0.25, -0.2) is 8.42 Å². The van der Waals surface area contributed by atoms with Crippen LogP contribution in [0.25, 0.3) is 10.1 Å². The van der Waals surface area contributed by atoms with Gasteiger partial charge in [-0.05, 0) is 41.8 Å². The van der Waals surface area contributed by atoms with Crippen LogP contribution >= 0.6 is 11.3 Å². The number of rotatable bonds is 5. The highest BCUT2D eigenvalue weighted by Gasteiger charge is 2.15. The molecule has 0 bridgehead atoms. The van der Waals surface area contributed by atoms with E-state index in [0.717, 1.165) is 22.0 Å². The van der Waals surface area contributed by atoms with E-state index in [4.69, 9.17) is 0 Å². The second-order valence-electron chi connectivity index (χ2n) is 5.57.